The van der Waals surface area contributed by atoms with Crippen molar-refractivity contribution in [1.29, 1.82) is 0 Å². The summed E-state index contributed by atoms with van der Waals surface area (Å²) in [6.07, 6.45) is 3.20. The van der Waals surface area contributed by atoms with Gasteiger partial charge in [0.05, 0.1) is 7.11 Å². The monoisotopic (exact) mass is 226 g/mol. The molecule has 0 aromatic carbocycles. The van der Waals surface area contributed by atoms with Crippen LogP contribution in [0.25, 0.3) is 0 Å². The zero-order chi connectivity index (χ0) is 12.0. The Bertz CT molecular complexity index is 290. The van der Waals surface area contributed by atoms with Gasteiger partial charge < -0.3 is 15.4 Å². The van der Waals surface area contributed by atoms with Gasteiger partial charge in [0.15, 0.2) is 0 Å². The third-order valence-corrected chi connectivity index (χ3v) is 2.59. The third-order valence-electron chi connectivity index (χ3n) is 2.59. The van der Waals surface area contributed by atoms with Crippen molar-refractivity contribution in [2.24, 2.45) is 0 Å². The molecular formula is C11H18N2O3. The Balaban J connectivity index is 2.25. The summed E-state index contributed by atoms with van der Waals surface area (Å²) in [6, 6.07) is 0.291. The number of piperidine rings is 1. The van der Waals surface area contributed by atoms with E-state index < -0.39 is 0 Å². The van der Waals surface area contributed by atoms with E-state index in [-0.39, 0.29) is 11.9 Å². The Labute approximate surface area is 95.2 Å². The van der Waals surface area contributed by atoms with Crippen molar-refractivity contribution in [3.63, 3.8) is 0 Å². The van der Waals surface area contributed by atoms with Crippen LogP contribution in [0, 0.1) is 0 Å². The summed E-state index contributed by atoms with van der Waals surface area (Å²) in [5.74, 6) is -0.196. The van der Waals surface area contributed by atoms with Crippen LogP contribution in [0.5, 0.6) is 0 Å². The molecule has 1 unspecified atom stereocenters. The van der Waals surface area contributed by atoms with Crippen LogP contribution in [0.2, 0.25) is 0 Å². The van der Waals surface area contributed by atoms with Crippen LogP contribution in [0.15, 0.2) is 11.6 Å². The molecule has 1 heterocycles. The number of carbonyl (C=O) groups excluding carboxylic acids is 2. The molecule has 0 bridgehead atoms. The molecule has 5 nitrogen and oxygen atoms in total. The molecule has 16 heavy (non-hydrogen) atoms. The minimum Gasteiger partial charge on any atom is -0.466 e. The lowest BCUT2D eigenvalue weighted by Gasteiger charge is -2.22. The van der Waals surface area contributed by atoms with Crippen molar-refractivity contribution >= 4 is 11.9 Å². The van der Waals surface area contributed by atoms with Crippen LogP contribution in [0.4, 0.5) is 0 Å². The lowest BCUT2D eigenvalue weighted by Crippen LogP contribution is -2.45. The zero-order valence-electron chi connectivity index (χ0n) is 9.71. The Hall–Kier alpha value is -1.36. The topological polar surface area (TPSA) is 67.4 Å². The number of rotatable bonds is 4. The molecule has 1 amide bonds. The van der Waals surface area contributed by atoms with Gasteiger partial charge in [-0.05, 0) is 13.3 Å². The summed E-state index contributed by atoms with van der Waals surface area (Å²) in [4.78, 5) is 22.0. The normalized spacial score (nSPS) is 21.5. The van der Waals surface area contributed by atoms with E-state index in [4.69, 9.17) is 0 Å². The summed E-state index contributed by atoms with van der Waals surface area (Å²) in [5.41, 5.74) is 0.592. The quantitative estimate of drug-likeness (QED) is 0.522. The van der Waals surface area contributed by atoms with Crippen LogP contribution in [0.3, 0.4) is 0 Å². The van der Waals surface area contributed by atoms with E-state index in [0.29, 0.717) is 31.1 Å². The third kappa shape index (κ3) is 4.02. The molecule has 0 saturated carbocycles. The fourth-order valence-electron chi connectivity index (χ4n) is 1.53. The number of amides is 1. The predicted molar refractivity (Wildman–Crippen MR) is 59.8 cm³/mol. The molecule has 0 aliphatic carbocycles. The van der Waals surface area contributed by atoms with E-state index in [1.165, 1.54) is 7.11 Å². The summed E-state index contributed by atoms with van der Waals surface area (Å²) in [6.45, 7) is 2.99. The fraction of sp³-hybridized carbons (Fsp3) is 0.636. The van der Waals surface area contributed by atoms with E-state index >= 15 is 0 Å². The van der Waals surface area contributed by atoms with E-state index in [9.17, 15) is 9.59 Å². The Morgan fingerprint density at radius 3 is 3.00 bits per heavy atom. The van der Waals surface area contributed by atoms with Crippen LogP contribution in [0.1, 0.15) is 19.8 Å². The first-order valence-corrected chi connectivity index (χ1v) is 5.38. The molecular weight excluding hydrogens is 208 g/mol. The van der Waals surface area contributed by atoms with Gasteiger partial charge in [0.2, 0.25) is 5.91 Å². The largest absolute Gasteiger partial charge is 0.466 e. The maximum atomic E-state index is 11.1. The molecule has 0 radical (unpaired) electrons. The number of hydrogen-bond acceptors (Lipinski definition) is 4. The molecule has 0 aromatic heterocycles. The second kappa shape index (κ2) is 6.27. The maximum absolute atomic E-state index is 11.1. The van der Waals surface area contributed by atoms with Crippen LogP contribution < -0.4 is 10.6 Å². The van der Waals surface area contributed by atoms with Crippen LogP contribution >= 0.6 is 0 Å². The second-order valence-electron chi connectivity index (χ2n) is 3.83. The molecule has 1 fully saturated rings. The zero-order valence-corrected chi connectivity index (χ0v) is 9.71. The molecule has 1 atom stereocenters. The Kier molecular flexibility index (Phi) is 4.98. The van der Waals surface area contributed by atoms with Gasteiger partial charge in [-0.2, -0.15) is 0 Å². The van der Waals surface area contributed by atoms with Gasteiger partial charge in [-0.1, -0.05) is 6.08 Å². The van der Waals surface area contributed by atoms with Crippen LogP contribution in [-0.2, 0) is 14.3 Å². The van der Waals surface area contributed by atoms with Gasteiger partial charge in [0.25, 0.3) is 0 Å². The number of hydrogen-bond donors (Lipinski definition) is 2. The highest BCUT2D eigenvalue weighted by Crippen LogP contribution is 2.02. The van der Waals surface area contributed by atoms with Crippen molar-refractivity contribution < 1.29 is 14.3 Å². The van der Waals surface area contributed by atoms with Crippen molar-refractivity contribution in [3.05, 3.63) is 11.6 Å². The molecule has 1 aliphatic heterocycles. The molecule has 0 spiro atoms. The Morgan fingerprint density at radius 2 is 2.44 bits per heavy atom. The molecule has 5 heteroatoms. The van der Waals surface area contributed by atoms with Crippen molar-refractivity contribution in [1.82, 2.24) is 10.6 Å². The standard InChI is InChI=1S/C11H18N2O3/c1-8(11(15)16-2)5-6-12-9-3-4-10(14)13-7-9/h5,9,12H,3-4,6-7H2,1-2H3,(H,13,14). The SMILES string of the molecule is COC(=O)C(C)=CCNC1CCC(=O)NC1. The smallest absolute Gasteiger partial charge is 0.333 e. The van der Waals surface area contributed by atoms with E-state index in [1.54, 1.807) is 13.0 Å². The second-order valence-corrected chi connectivity index (χ2v) is 3.83. The average molecular weight is 226 g/mol. The van der Waals surface area contributed by atoms with E-state index in [2.05, 4.69) is 15.4 Å². The number of nitrogens with one attached hydrogen (secondary N) is 2. The minimum atomic E-state index is -0.307. The molecule has 90 valence electrons. The highest BCUT2D eigenvalue weighted by Gasteiger charge is 2.16. The lowest BCUT2D eigenvalue weighted by molar-refractivity contribution is -0.136. The average Bonchev–Trinajstić information content (AvgIpc) is 2.30. The first-order chi connectivity index (χ1) is 7.63. The molecule has 2 N–H and O–H groups in total. The van der Waals surface area contributed by atoms with E-state index in [1.807, 2.05) is 0 Å². The first kappa shape index (κ1) is 12.7. The van der Waals surface area contributed by atoms with E-state index in [0.717, 1.165) is 6.42 Å². The Morgan fingerprint density at radius 1 is 1.69 bits per heavy atom. The van der Waals surface area contributed by atoms with Crippen LogP contribution in [-0.4, -0.2) is 38.1 Å². The molecule has 1 aliphatic rings. The van der Waals surface area contributed by atoms with Gasteiger partial charge in [-0.25, -0.2) is 4.79 Å². The lowest BCUT2D eigenvalue weighted by atomic mass is 10.1. The predicted octanol–water partition coefficient (Wildman–Crippen LogP) is -0.0261. The summed E-state index contributed by atoms with van der Waals surface area (Å²) in [5, 5.41) is 6.04. The number of esters is 1. The summed E-state index contributed by atoms with van der Waals surface area (Å²) >= 11 is 0. The summed E-state index contributed by atoms with van der Waals surface area (Å²) < 4.78 is 4.58. The van der Waals surface area contributed by atoms with Crippen molar-refractivity contribution in [3.8, 4) is 0 Å². The number of carbonyl (C=O) groups is 2. The van der Waals surface area contributed by atoms with Gasteiger partial charge in [0.1, 0.15) is 0 Å². The van der Waals surface area contributed by atoms with Gasteiger partial charge in [0, 0.05) is 31.1 Å². The highest BCUT2D eigenvalue weighted by molar-refractivity contribution is 5.87. The van der Waals surface area contributed by atoms with Gasteiger partial charge in [-0.3, -0.25) is 4.79 Å². The number of methoxy groups -OCH3 is 1. The van der Waals surface area contributed by atoms with Crippen molar-refractivity contribution in [2.45, 2.75) is 25.8 Å². The molecule has 1 rings (SSSR count). The molecule has 1 saturated heterocycles. The minimum absolute atomic E-state index is 0.110. The summed E-state index contributed by atoms with van der Waals surface area (Å²) in [7, 11) is 1.36. The maximum Gasteiger partial charge on any atom is 0.333 e. The fourth-order valence-corrected chi connectivity index (χ4v) is 1.53. The van der Waals surface area contributed by atoms with Gasteiger partial charge in [-0.15, -0.1) is 0 Å². The van der Waals surface area contributed by atoms with Crippen molar-refractivity contribution in [2.75, 3.05) is 20.2 Å². The van der Waals surface area contributed by atoms with Gasteiger partial charge >= 0.3 is 5.97 Å². The molecule has 0 aromatic rings. The highest BCUT2D eigenvalue weighted by atomic mass is 16.5. The first-order valence-electron chi connectivity index (χ1n) is 5.38. The number of ether oxygens (including phenoxy) is 1.